The van der Waals surface area contributed by atoms with Gasteiger partial charge in [0.15, 0.2) is 0 Å². The minimum Gasteiger partial charge on any atom is -0.481 e. The molecule has 17 heavy (non-hydrogen) atoms. The Morgan fingerprint density at radius 3 is 2.88 bits per heavy atom. The Morgan fingerprint density at radius 2 is 2.24 bits per heavy atom. The molecule has 5 heteroatoms. The van der Waals surface area contributed by atoms with Crippen LogP contribution >= 0.6 is 0 Å². The van der Waals surface area contributed by atoms with Gasteiger partial charge in [-0.2, -0.15) is 0 Å². The third-order valence-corrected chi connectivity index (χ3v) is 4.14. The average molecular weight is 240 g/mol. The van der Waals surface area contributed by atoms with Crippen molar-refractivity contribution in [2.75, 3.05) is 13.1 Å². The van der Waals surface area contributed by atoms with Crippen LogP contribution in [-0.4, -0.2) is 41.1 Å². The molecule has 1 aliphatic carbocycles. The van der Waals surface area contributed by atoms with Crippen LogP contribution in [0.4, 0.5) is 4.79 Å². The second-order valence-corrected chi connectivity index (χ2v) is 5.26. The fourth-order valence-corrected chi connectivity index (χ4v) is 3.01. The molecule has 1 saturated heterocycles. The van der Waals surface area contributed by atoms with Crippen LogP contribution in [-0.2, 0) is 4.79 Å². The molecule has 2 atom stereocenters. The molecule has 1 heterocycles. The zero-order valence-electron chi connectivity index (χ0n) is 10.2. The summed E-state index contributed by atoms with van der Waals surface area (Å²) in [7, 11) is 0. The molecule has 2 N–H and O–H groups in total. The average Bonchev–Trinajstić information content (AvgIpc) is 2.31. The number of carboxylic acids is 1. The minimum absolute atomic E-state index is 0.101. The topological polar surface area (TPSA) is 69.6 Å². The predicted molar refractivity (Wildman–Crippen MR) is 62.7 cm³/mol. The van der Waals surface area contributed by atoms with Crippen LogP contribution in [0.1, 0.15) is 39.0 Å². The van der Waals surface area contributed by atoms with Gasteiger partial charge in [0.05, 0.1) is 5.41 Å². The lowest BCUT2D eigenvalue weighted by atomic mass is 9.71. The molecule has 0 radical (unpaired) electrons. The van der Waals surface area contributed by atoms with Crippen molar-refractivity contribution >= 4 is 12.0 Å². The number of urea groups is 1. The summed E-state index contributed by atoms with van der Waals surface area (Å²) in [5.41, 5.74) is -0.785. The van der Waals surface area contributed by atoms with Gasteiger partial charge in [-0.05, 0) is 26.2 Å². The van der Waals surface area contributed by atoms with Crippen LogP contribution in [0.2, 0.25) is 0 Å². The normalized spacial score (nSPS) is 34.3. The number of aliphatic carboxylic acids is 1. The van der Waals surface area contributed by atoms with Crippen LogP contribution < -0.4 is 5.32 Å². The van der Waals surface area contributed by atoms with Crippen LogP contribution in [0.25, 0.3) is 0 Å². The summed E-state index contributed by atoms with van der Waals surface area (Å²) >= 11 is 0. The highest BCUT2D eigenvalue weighted by molar-refractivity contribution is 5.79. The molecule has 2 amide bonds. The molecule has 2 aliphatic rings. The van der Waals surface area contributed by atoms with Gasteiger partial charge in [-0.1, -0.05) is 12.8 Å². The number of carbonyl (C=O) groups is 2. The molecule has 0 spiro atoms. The Bertz CT molecular complexity index is 332. The first kappa shape index (κ1) is 12.2. The van der Waals surface area contributed by atoms with Gasteiger partial charge in [0.25, 0.3) is 0 Å². The number of amides is 2. The minimum atomic E-state index is -0.785. The Balaban J connectivity index is 2.21. The van der Waals surface area contributed by atoms with Crippen molar-refractivity contribution in [1.29, 1.82) is 0 Å². The molecule has 5 nitrogen and oxygen atoms in total. The number of hydrogen-bond donors (Lipinski definition) is 2. The van der Waals surface area contributed by atoms with E-state index in [1.54, 1.807) is 11.8 Å². The van der Waals surface area contributed by atoms with Crippen molar-refractivity contribution < 1.29 is 14.7 Å². The van der Waals surface area contributed by atoms with Crippen molar-refractivity contribution in [3.05, 3.63) is 0 Å². The van der Waals surface area contributed by atoms with E-state index in [4.69, 9.17) is 0 Å². The van der Waals surface area contributed by atoms with Gasteiger partial charge >= 0.3 is 12.0 Å². The van der Waals surface area contributed by atoms with E-state index < -0.39 is 11.4 Å². The number of carboxylic acid groups (broad SMARTS) is 1. The Hall–Kier alpha value is -1.26. The first-order valence-corrected chi connectivity index (χ1v) is 6.33. The van der Waals surface area contributed by atoms with Crippen molar-refractivity contribution in [2.45, 2.75) is 45.1 Å². The summed E-state index contributed by atoms with van der Waals surface area (Å²) in [6.45, 7) is 3.16. The van der Waals surface area contributed by atoms with Crippen LogP contribution in [0, 0.1) is 5.41 Å². The Morgan fingerprint density at radius 1 is 1.47 bits per heavy atom. The highest BCUT2D eigenvalue weighted by Gasteiger charge is 2.47. The second kappa shape index (κ2) is 4.55. The zero-order chi connectivity index (χ0) is 12.5. The molecule has 1 saturated carbocycles. The lowest BCUT2D eigenvalue weighted by Gasteiger charge is -2.45. The number of rotatable bonds is 2. The summed E-state index contributed by atoms with van der Waals surface area (Å²) in [5, 5.41) is 12.2. The standard InChI is InChI=1S/C12H20N2O3/c1-12(10(15)16)6-3-2-5-9(12)14-8-4-7-13-11(14)17/h9H,2-8H2,1H3,(H,13,17)(H,15,16). The first-order valence-electron chi connectivity index (χ1n) is 6.33. The van der Waals surface area contributed by atoms with Gasteiger partial charge in [-0.25, -0.2) is 4.79 Å². The molecule has 2 fully saturated rings. The monoisotopic (exact) mass is 240 g/mol. The van der Waals surface area contributed by atoms with E-state index in [-0.39, 0.29) is 12.1 Å². The maximum atomic E-state index is 11.8. The molecule has 1 aliphatic heterocycles. The van der Waals surface area contributed by atoms with Crippen LogP contribution in [0.5, 0.6) is 0 Å². The third-order valence-electron chi connectivity index (χ3n) is 4.14. The van der Waals surface area contributed by atoms with Gasteiger partial charge in [0, 0.05) is 19.1 Å². The SMILES string of the molecule is CC1(C(=O)O)CCCCC1N1CCCNC1=O. The number of carbonyl (C=O) groups excluding carboxylic acids is 1. The largest absolute Gasteiger partial charge is 0.481 e. The number of hydrogen-bond acceptors (Lipinski definition) is 2. The van der Waals surface area contributed by atoms with Gasteiger partial charge in [-0.15, -0.1) is 0 Å². The van der Waals surface area contributed by atoms with Gasteiger partial charge in [-0.3, -0.25) is 4.79 Å². The Labute approximate surface area is 101 Å². The van der Waals surface area contributed by atoms with E-state index in [9.17, 15) is 14.7 Å². The first-order chi connectivity index (χ1) is 8.05. The van der Waals surface area contributed by atoms with E-state index in [2.05, 4.69) is 5.32 Å². The molecule has 0 aromatic rings. The van der Waals surface area contributed by atoms with Crippen LogP contribution in [0.15, 0.2) is 0 Å². The maximum Gasteiger partial charge on any atom is 0.317 e. The Kier molecular flexibility index (Phi) is 3.26. The van der Waals surface area contributed by atoms with Gasteiger partial charge < -0.3 is 15.3 Å². The maximum absolute atomic E-state index is 11.8. The molecule has 2 unspecified atom stereocenters. The summed E-state index contributed by atoms with van der Waals surface area (Å²) < 4.78 is 0. The molecule has 96 valence electrons. The van der Waals surface area contributed by atoms with Gasteiger partial charge in [0.2, 0.25) is 0 Å². The highest BCUT2D eigenvalue weighted by atomic mass is 16.4. The summed E-state index contributed by atoms with van der Waals surface area (Å²) in [6.07, 6.45) is 4.32. The molecular weight excluding hydrogens is 220 g/mol. The molecule has 0 aromatic heterocycles. The molecule has 2 rings (SSSR count). The van der Waals surface area contributed by atoms with E-state index in [0.717, 1.165) is 25.7 Å². The van der Waals surface area contributed by atoms with Crippen molar-refractivity contribution in [3.8, 4) is 0 Å². The number of nitrogens with zero attached hydrogens (tertiary/aromatic N) is 1. The van der Waals surface area contributed by atoms with E-state index in [0.29, 0.717) is 19.5 Å². The number of nitrogens with one attached hydrogen (secondary N) is 1. The summed E-state index contributed by atoms with van der Waals surface area (Å²) in [5.74, 6) is -0.777. The lowest BCUT2D eigenvalue weighted by molar-refractivity contribution is -0.154. The van der Waals surface area contributed by atoms with E-state index in [1.165, 1.54) is 0 Å². The smallest absolute Gasteiger partial charge is 0.317 e. The van der Waals surface area contributed by atoms with Crippen LogP contribution in [0.3, 0.4) is 0 Å². The molecular formula is C12H20N2O3. The van der Waals surface area contributed by atoms with E-state index in [1.807, 2.05) is 0 Å². The van der Waals surface area contributed by atoms with Crippen molar-refractivity contribution in [3.63, 3.8) is 0 Å². The fourth-order valence-electron chi connectivity index (χ4n) is 3.01. The quantitative estimate of drug-likeness (QED) is 0.767. The zero-order valence-corrected chi connectivity index (χ0v) is 10.2. The van der Waals surface area contributed by atoms with E-state index >= 15 is 0 Å². The predicted octanol–water partition coefficient (Wildman–Crippen LogP) is 1.44. The summed E-state index contributed by atoms with van der Waals surface area (Å²) in [4.78, 5) is 25.0. The molecule has 0 bridgehead atoms. The highest BCUT2D eigenvalue weighted by Crippen LogP contribution is 2.39. The lowest BCUT2D eigenvalue weighted by Crippen LogP contribution is -2.59. The summed E-state index contributed by atoms with van der Waals surface area (Å²) in [6, 6.07) is -0.260. The fraction of sp³-hybridized carbons (Fsp3) is 0.833. The second-order valence-electron chi connectivity index (χ2n) is 5.26. The molecule has 0 aromatic carbocycles. The van der Waals surface area contributed by atoms with Crippen molar-refractivity contribution in [2.24, 2.45) is 5.41 Å². The van der Waals surface area contributed by atoms with Gasteiger partial charge in [0.1, 0.15) is 0 Å². The van der Waals surface area contributed by atoms with Crippen molar-refractivity contribution in [1.82, 2.24) is 10.2 Å². The third kappa shape index (κ3) is 2.10.